The molecule has 0 aliphatic rings. The van der Waals surface area contributed by atoms with Crippen LogP contribution in [0, 0.1) is 5.82 Å². The summed E-state index contributed by atoms with van der Waals surface area (Å²) in [6, 6.07) is 16.6. The van der Waals surface area contributed by atoms with Crippen molar-refractivity contribution in [1.29, 1.82) is 0 Å². The molecule has 0 N–H and O–H groups in total. The standard InChI is InChI=1S/C23H17FN2O3/c24-18-3-7-20(8-4-18)28-15-22-10-9-21(29-22)11-12-23(27)17-1-5-19(6-2-17)26-14-13-25-16-26/h1-14,16H,15H2/b12-11+. The maximum absolute atomic E-state index is 12.9. The van der Waals surface area contributed by atoms with Crippen LogP contribution < -0.4 is 4.74 Å². The van der Waals surface area contributed by atoms with E-state index in [0.717, 1.165) is 5.69 Å². The third kappa shape index (κ3) is 4.68. The summed E-state index contributed by atoms with van der Waals surface area (Å²) in [6.45, 7) is 0.211. The van der Waals surface area contributed by atoms with Crippen molar-refractivity contribution in [3.63, 3.8) is 0 Å². The summed E-state index contributed by atoms with van der Waals surface area (Å²) in [5, 5.41) is 0. The first-order valence-electron chi connectivity index (χ1n) is 8.95. The maximum Gasteiger partial charge on any atom is 0.185 e. The highest BCUT2D eigenvalue weighted by Crippen LogP contribution is 2.16. The molecule has 4 rings (SSSR count). The van der Waals surface area contributed by atoms with Gasteiger partial charge >= 0.3 is 0 Å². The molecule has 0 unspecified atom stereocenters. The normalized spacial score (nSPS) is 11.1. The number of carbonyl (C=O) groups excluding carboxylic acids is 1. The Labute approximate surface area is 166 Å². The number of nitrogens with zero attached hydrogens (tertiary/aromatic N) is 2. The number of furan rings is 1. The second-order valence-electron chi connectivity index (χ2n) is 6.26. The average Bonchev–Trinajstić information content (AvgIpc) is 3.44. The fourth-order valence-electron chi connectivity index (χ4n) is 2.71. The van der Waals surface area contributed by atoms with Crippen LogP contribution in [0.1, 0.15) is 21.9 Å². The summed E-state index contributed by atoms with van der Waals surface area (Å²) in [4.78, 5) is 16.4. The van der Waals surface area contributed by atoms with E-state index in [9.17, 15) is 9.18 Å². The zero-order valence-corrected chi connectivity index (χ0v) is 15.4. The van der Waals surface area contributed by atoms with Crippen LogP contribution in [0.15, 0.2) is 89.9 Å². The molecule has 0 aliphatic carbocycles. The van der Waals surface area contributed by atoms with Gasteiger partial charge in [0.05, 0.1) is 6.33 Å². The Hall–Kier alpha value is -3.93. The number of rotatable bonds is 7. The van der Waals surface area contributed by atoms with Crippen LogP contribution in [0.3, 0.4) is 0 Å². The highest BCUT2D eigenvalue weighted by atomic mass is 19.1. The molecule has 0 spiro atoms. The first kappa shape index (κ1) is 18.4. The number of carbonyl (C=O) groups is 1. The second kappa shape index (κ2) is 8.39. The SMILES string of the molecule is O=C(/C=C/c1ccc(COc2ccc(F)cc2)o1)c1ccc(-n2ccnc2)cc1. The predicted octanol–water partition coefficient (Wildman–Crippen LogP) is 5.08. The number of hydrogen-bond donors (Lipinski definition) is 0. The molecule has 144 valence electrons. The van der Waals surface area contributed by atoms with Gasteiger partial charge in [-0.25, -0.2) is 9.37 Å². The van der Waals surface area contributed by atoms with E-state index in [1.54, 1.807) is 55.0 Å². The van der Waals surface area contributed by atoms with Crippen LogP contribution in [-0.4, -0.2) is 15.3 Å². The van der Waals surface area contributed by atoms with Gasteiger partial charge in [0.25, 0.3) is 0 Å². The molecule has 0 amide bonds. The van der Waals surface area contributed by atoms with Crippen molar-refractivity contribution in [2.45, 2.75) is 6.61 Å². The molecule has 0 aliphatic heterocycles. The van der Waals surface area contributed by atoms with Crippen molar-refractivity contribution in [2.24, 2.45) is 0 Å². The Morgan fingerprint density at radius 1 is 1.07 bits per heavy atom. The van der Waals surface area contributed by atoms with Gasteiger partial charge in [-0.15, -0.1) is 0 Å². The van der Waals surface area contributed by atoms with E-state index in [1.165, 1.54) is 18.2 Å². The van der Waals surface area contributed by atoms with Crippen molar-refractivity contribution < 1.29 is 18.3 Å². The molecule has 5 nitrogen and oxygen atoms in total. The number of halogens is 1. The molecule has 0 saturated heterocycles. The number of benzene rings is 2. The lowest BCUT2D eigenvalue weighted by molar-refractivity contribution is 0.104. The van der Waals surface area contributed by atoms with Crippen molar-refractivity contribution in [1.82, 2.24) is 9.55 Å². The Bertz CT molecular complexity index is 1110. The molecule has 2 heterocycles. The van der Waals surface area contributed by atoms with Crippen molar-refractivity contribution in [2.75, 3.05) is 0 Å². The third-order valence-electron chi connectivity index (χ3n) is 4.23. The van der Waals surface area contributed by atoms with Crippen molar-refractivity contribution in [3.05, 3.63) is 108 Å². The first-order valence-corrected chi connectivity index (χ1v) is 8.95. The highest BCUT2D eigenvalue weighted by Gasteiger charge is 2.05. The van der Waals surface area contributed by atoms with Crippen LogP contribution in [0.4, 0.5) is 4.39 Å². The molecule has 0 atom stereocenters. The topological polar surface area (TPSA) is 57.3 Å². The fourth-order valence-corrected chi connectivity index (χ4v) is 2.71. The summed E-state index contributed by atoms with van der Waals surface area (Å²) < 4.78 is 25.9. The van der Waals surface area contributed by atoms with Gasteiger partial charge in [0.1, 0.15) is 29.7 Å². The number of ether oxygens (including phenoxy) is 1. The molecular formula is C23H17FN2O3. The van der Waals surface area contributed by atoms with Gasteiger partial charge in [-0.05, 0) is 72.8 Å². The number of imidazole rings is 1. The summed E-state index contributed by atoms with van der Waals surface area (Å²) in [5.41, 5.74) is 1.51. The van der Waals surface area contributed by atoms with E-state index in [1.807, 2.05) is 22.9 Å². The molecule has 29 heavy (non-hydrogen) atoms. The Balaban J connectivity index is 1.35. The van der Waals surface area contributed by atoms with Gasteiger partial charge in [0.15, 0.2) is 5.78 Å². The van der Waals surface area contributed by atoms with E-state index < -0.39 is 0 Å². The monoisotopic (exact) mass is 388 g/mol. The molecule has 6 heteroatoms. The van der Waals surface area contributed by atoms with E-state index >= 15 is 0 Å². The molecule has 0 saturated carbocycles. The number of ketones is 1. The summed E-state index contributed by atoms with van der Waals surface area (Å²) >= 11 is 0. The Morgan fingerprint density at radius 2 is 1.86 bits per heavy atom. The summed E-state index contributed by atoms with van der Waals surface area (Å²) in [6.07, 6.45) is 8.32. The first-order chi connectivity index (χ1) is 14.2. The minimum atomic E-state index is -0.316. The van der Waals surface area contributed by atoms with Crippen LogP contribution in [-0.2, 0) is 6.61 Å². The lowest BCUT2D eigenvalue weighted by atomic mass is 10.1. The summed E-state index contributed by atoms with van der Waals surface area (Å²) in [7, 11) is 0. The third-order valence-corrected chi connectivity index (χ3v) is 4.23. The van der Waals surface area contributed by atoms with E-state index in [4.69, 9.17) is 9.15 Å². The zero-order chi connectivity index (χ0) is 20.1. The lowest BCUT2D eigenvalue weighted by Crippen LogP contribution is -1.96. The molecule has 0 bridgehead atoms. The quantitative estimate of drug-likeness (QED) is 0.327. The minimum Gasteiger partial charge on any atom is -0.486 e. The Kier molecular flexibility index (Phi) is 5.33. The summed E-state index contributed by atoms with van der Waals surface area (Å²) in [5.74, 6) is 1.26. The van der Waals surface area contributed by atoms with Gasteiger partial charge in [-0.3, -0.25) is 4.79 Å². The smallest absolute Gasteiger partial charge is 0.185 e. The van der Waals surface area contributed by atoms with E-state index in [-0.39, 0.29) is 18.2 Å². The van der Waals surface area contributed by atoms with Crippen LogP contribution in [0.25, 0.3) is 11.8 Å². The number of hydrogen-bond acceptors (Lipinski definition) is 4. The predicted molar refractivity (Wildman–Crippen MR) is 106 cm³/mol. The lowest BCUT2D eigenvalue weighted by Gasteiger charge is -2.03. The molecule has 0 radical (unpaired) electrons. The van der Waals surface area contributed by atoms with Crippen molar-refractivity contribution in [3.8, 4) is 11.4 Å². The maximum atomic E-state index is 12.9. The van der Waals surface area contributed by atoms with Gasteiger partial charge in [0.2, 0.25) is 0 Å². The Morgan fingerprint density at radius 3 is 2.59 bits per heavy atom. The van der Waals surface area contributed by atoms with Gasteiger partial charge in [-0.2, -0.15) is 0 Å². The van der Waals surface area contributed by atoms with E-state index in [0.29, 0.717) is 22.8 Å². The van der Waals surface area contributed by atoms with E-state index in [2.05, 4.69) is 4.98 Å². The van der Waals surface area contributed by atoms with Gasteiger partial charge in [0, 0.05) is 23.6 Å². The number of aromatic nitrogens is 2. The zero-order valence-electron chi connectivity index (χ0n) is 15.4. The fraction of sp³-hybridized carbons (Fsp3) is 0.0435. The molecular weight excluding hydrogens is 371 g/mol. The highest BCUT2D eigenvalue weighted by molar-refractivity contribution is 6.06. The van der Waals surface area contributed by atoms with Crippen molar-refractivity contribution >= 4 is 11.9 Å². The molecule has 2 aromatic heterocycles. The van der Waals surface area contributed by atoms with Gasteiger partial charge in [-0.1, -0.05) is 0 Å². The largest absolute Gasteiger partial charge is 0.486 e. The molecule has 2 aromatic carbocycles. The van der Waals surface area contributed by atoms with Crippen LogP contribution in [0.5, 0.6) is 5.75 Å². The molecule has 0 fully saturated rings. The van der Waals surface area contributed by atoms with Crippen LogP contribution in [0.2, 0.25) is 0 Å². The molecule has 4 aromatic rings. The van der Waals surface area contributed by atoms with Gasteiger partial charge < -0.3 is 13.7 Å². The minimum absolute atomic E-state index is 0.123. The second-order valence-corrected chi connectivity index (χ2v) is 6.26. The number of allylic oxidation sites excluding steroid dienone is 1. The average molecular weight is 388 g/mol. The van der Waals surface area contributed by atoms with Crippen LogP contribution >= 0.6 is 0 Å².